The van der Waals surface area contributed by atoms with E-state index in [2.05, 4.69) is 10.6 Å². The number of hydrogen-bond donors (Lipinski definition) is 2. The van der Waals surface area contributed by atoms with Crippen molar-refractivity contribution in [1.29, 1.82) is 0 Å². The van der Waals surface area contributed by atoms with Gasteiger partial charge in [0.25, 0.3) is 0 Å². The maximum absolute atomic E-state index is 12.0. The smallest absolute Gasteiger partial charge is 0.224 e. The summed E-state index contributed by atoms with van der Waals surface area (Å²) in [6.07, 6.45) is 2.79. The second kappa shape index (κ2) is 9.03. The predicted molar refractivity (Wildman–Crippen MR) is 88.0 cm³/mol. The third-order valence-electron chi connectivity index (χ3n) is 3.94. The fourth-order valence-electron chi connectivity index (χ4n) is 2.52. The Morgan fingerprint density at radius 3 is 3.00 bits per heavy atom. The first-order valence-electron chi connectivity index (χ1n) is 7.32. The van der Waals surface area contributed by atoms with Gasteiger partial charge in [-0.2, -0.15) is 0 Å². The van der Waals surface area contributed by atoms with Gasteiger partial charge in [-0.05, 0) is 56.5 Å². The van der Waals surface area contributed by atoms with Crippen molar-refractivity contribution >= 4 is 24.0 Å². The molecule has 0 bridgehead atoms. The second-order valence-electron chi connectivity index (χ2n) is 5.45. The van der Waals surface area contributed by atoms with Crippen molar-refractivity contribution in [1.82, 2.24) is 5.32 Å². The van der Waals surface area contributed by atoms with Crippen LogP contribution in [0.1, 0.15) is 37.9 Å². The molecule has 0 saturated carbocycles. The summed E-state index contributed by atoms with van der Waals surface area (Å²) in [5.74, 6) is 0.750. The molecule has 2 rings (SSSR count). The molecule has 4 nitrogen and oxygen atoms in total. The number of rotatable bonds is 6. The first kappa shape index (κ1) is 18.0. The summed E-state index contributed by atoms with van der Waals surface area (Å²) >= 11 is 0. The molecule has 1 aromatic rings. The fourth-order valence-corrected chi connectivity index (χ4v) is 2.52. The molecule has 2 unspecified atom stereocenters. The van der Waals surface area contributed by atoms with E-state index < -0.39 is 0 Å². The van der Waals surface area contributed by atoms with E-state index in [0.717, 1.165) is 30.8 Å². The molecular weight excluding hydrogens is 288 g/mol. The highest BCUT2D eigenvalue weighted by Crippen LogP contribution is 2.20. The highest BCUT2D eigenvalue weighted by molar-refractivity contribution is 5.90. The molecule has 5 heteroatoms. The van der Waals surface area contributed by atoms with Gasteiger partial charge in [-0.1, -0.05) is 12.1 Å². The molecule has 1 heterocycles. The molecule has 1 amide bonds. The van der Waals surface area contributed by atoms with Crippen LogP contribution in [0.3, 0.4) is 0 Å². The highest BCUT2D eigenvalue weighted by atomic mass is 35.5. The number of ether oxygens (including phenoxy) is 1. The summed E-state index contributed by atoms with van der Waals surface area (Å²) in [6.45, 7) is 4.13. The van der Waals surface area contributed by atoms with E-state index in [-0.39, 0.29) is 24.4 Å². The van der Waals surface area contributed by atoms with Crippen LogP contribution in [0.4, 0.5) is 5.69 Å². The minimum absolute atomic E-state index is 0. The lowest BCUT2D eigenvalue weighted by Crippen LogP contribution is -2.15. The van der Waals surface area contributed by atoms with E-state index in [1.54, 1.807) is 7.11 Å². The van der Waals surface area contributed by atoms with Crippen molar-refractivity contribution < 1.29 is 9.53 Å². The zero-order chi connectivity index (χ0) is 14.4. The zero-order valence-corrected chi connectivity index (χ0v) is 13.5. The Hall–Kier alpha value is -1.10. The van der Waals surface area contributed by atoms with Crippen molar-refractivity contribution in [2.75, 3.05) is 25.5 Å². The second-order valence-corrected chi connectivity index (χ2v) is 5.45. The Labute approximate surface area is 133 Å². The Kier molecular flexibility index (Phi) is 7.72. The van der Waals surface area contributed by atoms with E-state index in [1.807, 2.05) is 31.2 Å². The summed E-state index contributed by atoms with van der Waals surface area (Å²) in [7, 11) is 1.69. The summed E-state index contributed by atoms with van der Waals surface area (Å²) in [4.78, 5) is 12.0. The molecule has 1 aliphatic rings. The molecule has 1 saturated heterocycles. The van der Waals surface area contributed by atoms with Gasteiger partial charge < -0.3 is 15.4 Å². The molecule has 21 heavy (non-hydrogen) atoms. The minimum Gasteiger partial charge on any atom is -0.377 e. The van der Waals surface area contributed by atoms with E-state index in [0.29, 0.717) is 12.3 Å². The van der Waals surface area contributed by atoms with Gasteiger partial charge in [0.1, 0.15) is 0 Å². The molecule has 1 aliphatic heterocycles. The van der Waals surface area contributed by atoms with Crippen LogP contribution in [0.5, 0.6) is 0 Å². The van der Waals surface area contributed by atoms with Crippen LogP contribution >= 0.6 is 12.4 Å². The lowest BCUT2D eigenvalue weighted by Gasteiger charge is -2.12. The van der Waals surface area contributed by atoms with E-state index in [9.17, 15) is 4.79 Å². The van der Waals surface area contributed by atoms with E-state index >= 15 is 0 Å². The third-order valence-corrected chi connectivity index (χ3v) is 3.94. The first-order valence-corrected chi connectivity index (χ1v) is 7.32. The van der Waals surface area contributed by atoms with E-state index in [1.165, 1.54) is 6.42 Å². The molecular formula is C16H25ClN2O2. The molecule has 2 N–H and O–H groups in total. The first-order chi connectivity index (χ1) is 9.69. The van der Waals surface area contributed by atoms with Gasteiger partial charge in [0.15, 0.2) is 0 Å². The summed E-state index contributed by atoms with van der Waals surface area (Å²) in [5, 5.41) is 6.30. The normalized spacial score (nSPS) is 18.9. The maximum atomic E-state index is 12.0. The number of methoxy groups -OCH3 is 1. The summed E-state index contributed by atoms with van der Waals surface area (Å²) in [5.41, 5.74) is 1.92. The Morgan fingerprint density at radius 2 is 2.33 bits per heavy atom. The van der Waals surface area contributed by atoms with E-state index in [4.69, 9.17) is 4.74 Å². The van der Waals surface area contributed by atoms with Crippen molar-refractivity contribution in [3.8, 4) is 0 Å². The number of anilines is 1. The van der Waals surface area contributed by atoms with Crippen LogP contribution in [-0.2, 0) is 9.53 Å². The number of benzene rings is 1. The number of halogens is 1. The van der Waals surface area contributed by atoms with Gasteiger partial charge in [0.2, 0.25) is 5.91 Å². The predicted octanol–water partition coefficient (Wildman–Crippen LogP) is 3.14. The van der Waals surface area contributed by atoms with Gasteiger partial charge in [-0.25, -0.2) is 0 Å². The molecule has 118 valence electrons. The minimum atomic E-state index is 0. The van der Waals surface area contributed by atoms with Gasteiger partial charge in [0.05, 0.1) is 6.10 Å². The number of hydrogen-bond acceptors (Lipinski definition) is 3. The Balaban J connectivity index is 0.00000220. The average molecular weight is 313 g/mol. The monoisotopic (exact) mass is 312 g/mol. The molecule has 2 atom stereocenters. The zero-order valence-electron chi connectivity index (χ0n) is 12.7. The lowest BCUT2D eigenvalue weighted by atomic mass is 10.0. The largest absolute Gasteiger partial charge is 0.377 e. The Bertz CT molecular complexity index is 448. The highest BCUT2D eigenvalue weighted by Gasteiger charge is 2.15. The van der Waals surface area contributed by atoms with Crippen LogP contribution in [0, 0.1) is 5.92 Å². The van der Waals surface area contributed by atoms with Crippen molar-refractivity contribution in [3.63, 3.8) is 0 Å². The molecule has 1 aromatic carbocycles. The molecule has 0 aliphatic carbocycles. The molecule has 0 spiro atoms. The van der Waals surface area contributed by atoms with Crippen molar-refractivity contribution in [3.05, 3.63) is 29.8 Å². The quantitative estimate of drug-likeness (QED) is 0.848. The summed E-state index contributed by atoms with van der Waals surface area (Å²) < 4.78 is 5.29. The molecule has 1 fully saturated rings. The van der Waals surface area contributed by atoms with Crippen LogP contribution in [-0.4, -0.2) is 26.1 Å². The van der Waals surface area contributed by atoms with Gasteiger partial charge in [-0.3, -0.25) is 4.79 Å². The number of nitrogens with one attached hydrogen (secondary N) is 2. The standard InChI is InChI=1S/C16H24N2O2.ClH/c1-12(20-2)14-4-3-5-15(10-14)18-16(19)7-6-13-8-9-17-11-13;/h3-5,10,12-13,17H,6-9,11H2,1-2H3,(H,18,19);1H. The Morgan fingerprint density at radius 1 is 1.52 bits per heavy atom. The van der Waals surface area contributed by atoms with Gasteiger partial charge in [-0.15, -0.1) is 12.4 Å². The van der Waals surface area contributed by atoms with Gasteiger partial charge >= 0.3 is 0 Å². The van der Waals surface area contributed by atoms with Crippen LogP contribution in [0.15, 0.2) is 24.3 Å². The lowest BCUT2D eigenvalue weighted by molar-refractivity contribution is -0.116. The fraction of sp³-hybridized carbons (Fsp3) is 0.562. The topological polar surface area (TPSA) is 50.4 Å². The van der Waals surface area contributed by atoms with Crippen LogP contribution in [0.25, 0.3) is 0 Å². The third kappa shape index (κ3) is 5.65. The molecule has 0 radical (unpaired) electrons. The van der Waals surface area contributed by atoms with Crippen LogP contribution < -0.4 is 10.6 Å². The summed E-state index contributed by atoms with van der Waals surface area (Å²) in [6, 6.07) is 7.85. The van der Waals surface area contributed by atoms with Crippen LogP contribution in [0.2, 0.25) is 0 Å². The van der Waals surface area contributed by atoms with Gasteiger partial charge in [0, 0.05) is 19.2 Å². The van der Waals surface area contributed by atoms with Crippen molar-refractivity contribution in [2.24, 2.45) is 5.92 Å². The maximum Gasteiger partial charge on any atom is 0.224 e. The number of carbonyl (C=O) groups excluding carboxylic acids is 1. The average Bonchev–Trinajstić information content (AvgIpc) is 2.98. The molecule has 0 aromatic heterocycles. The number of carbonyl (C=O) groups is 1. The number of amides is 1. The SMILES string of the molecule is COC(C)c1cccc(NC(=O)CCC2CCNC2)c1.Cl. The van der Waals surface area contributed by atoms with Crippen molar-refractivity contribution in [2.45, 2.75) is 32.3 Å².